The highest BCUT2D eigenvalue weighted by Gasteiger charge is 2.48. The first-order valence-corrected chi connectivity index (χ1v) is 13.8. The molecule has 2 atom stereocenters. The van der Waals surface area contributed by atoms with E-state index in [1.807, 2.05) is 6.07 Å². The Bertz CT molecular complexity index is 1760. The molecule has 220 valence electrons. The van der Waals surface area contributed by atoms with Crippen molar-refractivity contribution in [2.75, 3.05) is 9.80 Å². The van der Waals surface area contributed by atoms with Crippen molar-refractivity contribution in [1.29, 1.82) is 5.26 Å². The molecular weight excluding hydrogens is 592 g/mol. The lowest BCUT2D eigenvalue weighted by molar-refractivity contribution is -0.133. The van der Waals surface area contributed by atoms with E-state index >= 15 is 0 Å². The van der Waals surface area contributed by atoms with Crippen LogP contribution in [0.4, 0.5) is 31.7 Å². The molecule has 13 heteroatoms. The van der Waals surface area contributed by atoms with E-state index in [-0.39, 0.29) is 51.9 Å². The molecule has 0 bridgehead atoms. The first-order chi connectivity index (χ1) is 21.0. The standard InChI is InChI=1S/C31H22ClF2N7O3/c1-36-19-12-20(37-2)14-22(13-19)40(30(44)25-7-8-27(42)41(25)26-11-18(17-35)9-10-38-26)28(23-5-3-4-6-24(23)32)29(43)39-21-15-31(33,34)16-21/h3-6,9-14,21,25,28H,7-8,15-16H2,(H,39,43)/t25-,28?/m0/s1. The minimum atomic E-state index is -2.93. The molecule has 2 heterocycles. The molecule has 0 radical (unpaired) electrons. The van der Waals surface area contributed by atoms with Gasteiger partial charge in [-0.2, -0.15) is 5.26 Å². The molecule has 2 aliphatic rings. The number of hydrogen-bond donors (Lipinski definition) is 1. The second-order valence-corrected chi connectivity index (χ2v) is 10.8. The molecule has 2 fully saturated rings. The molecule has 1 unspecified atom stereocenters. The number of carbonyl (C=O) groups is 3. The second-order valence-electron chi connectivity index (χ2n) is 10.4. The molecule has 3 amide bonds. The normalized spacial score (nSPS) is 17.9. The number of anilines is 2. The SMILES string of the molecule is [C-]#[N+]c1cc([N+]#[C-])cc(N(C(=O)[C@@H]2CCC(=O)N2c2cc(C#N)ccn2)C(C(=O)NC2CC(F)(F)C2)c2ccccc2Cl)c1. The zero-order valence-corrected chi connectivity index (χ0v) is 23.6. The summed E-state index contributed by atoms with van der Waals surface area (Å²) < 4.78 is 27.4. The van der Waals surface area contributed by atoms with Crippen molar-refractivity contribution in [2.45, 2.75) is 49.7 Å². The van der Waals surface area contributed by atoms with Crippen molar-refractivity contribution in [3.63, 3.8) is 0 Å². The van der Waals surface area contributed by atoms with Gasteiger partial charge < -0.3 is 5.32 Å². The van der Waals surface area contributed by atoms with E-state index < -0.39 is 54.6 Å². The Kier molecular flexibility index (Phi) is 8.26. The Morgan fingerprint density at radius 1 is 1.14 bits per heavy atom. The fraction of sp³-hybridized carbons (Fsp3) is 0.258. The summed E-state index contributed by atoms with van der Waals surface area (Å²) in [6.45, 7) is 15.1. The van der Waals surface area contributed by atoms with Crippen LogP contribution in [0.5, 0.6) is 0 Å². The maximum absolute atomic E-state index is 14.7. The van der Waals surface area contributed by atoms with Crippen LogP contribution in [0.25, 0.3) is 9.69 Å². The van der Waals surface area contributed by atoms with Crippen LogP contribution < -0.4 is 15.1 Å². The fourth-order valence-electron chi connectivity index (χ4n) is 5.37. The summed E-state index contributed by atoms with van der Waals surface area (Å²) in [5, 5.41) is 12.1. The van der Waals surface area contributed by atoms with E-state index in [9.17, 15) is 28.4 Å². The van der Waals surface area contributed by atoms with Gasteiger partial charge in [0.05, 0.1) is 24.8 Å². The van der Waals surface area contributed by atoms with E-state index in [0.717, 1.165) is 9.80 Å². The summed E-state index contributed by atoms with van der Waals surface area (Å²) in [4.78, 5) is 55.0. The maximum Gasteiger partial charge on any atom is 0.252 e. The van der Waals surface area contributed by atoms with Gasteiger partial charge in [0.2, 0.25) is 11.8 Å². The molecule has 1 aliphatic carbocycles. The van der Waals surface area contributed by atoms with Gasteiger partial charge in [-0.25, -0.2) is 23.5 Å². The third-order valence-electron chi connectivity index (χ3n) is 7.42. The molecule has 1 N–H and O–H groups in total. The van der Waals surface area contributed by atoms with Gasteiger partial charge >= 0.3 is 0 Å². The number of rotatable bonds is 7. The summed E-state index contributed by atoms with van der Waals surface area (Å²) in [6, 6.07) is 11.3. The second kappa shape index (κ2) is 12.1. The van der Waals surface area contributed by atoms with Gasteiger partial charge in [0, 0.05) is 47.8 Å². The lowest BCUT2D eigenvalue weighted by Gasteiger charge is -2.39. The predicted octanol–water partition coefficient (Wildman–Crippen LogP) is 5.89. The van der Waals surface area contributed by atoms with Gasteiger partial charge in [0.1, 0.15) is 17.9 Å². The number of halogens is 3. The first-order valence-electron chi connectivity index (χ1n) is 13.4. The Morgan fingerprint density at radius 2 is 1.82 bits per heavy atom. The first kappa shape index (κ1) is 30.1. The van der Waals surface area contributed by atoms with Crippen molar-refractivity contribution >= 4 is 52.2 Å². The molecular formula is C31H22ClF2N7O3. The van der Waals surface area contributed by atoms with Gasteiger partial charge in [-0.15, -0.1) is 0 Å². The molecule has 1 saturated carbocycles. The van der Waals surface area contributed by atoms with Crippen molar-refractivity contribution < 1.29 is 23.2 Å². The summed E-state index contributed by atoms with van der Waals surface area (Å²) in [6.07, 6.45) is 0.148. The number of nitriles is 1. The quantitative estimate of drug-likeness (QED) is 0.334. The van der Waals surface area contributed by atoms with Crippen molar-refractivity contribution in [3.05, 3.63) is 99.8 Å². The summed E-state index contributed by atoms with van der Waals surface area (Å²) in [7, 11) is 0. The third kappa shape index (κ3) is 5.92. The molecule has 44 heavy (non-hydrogen) atoms. The van der Waals surface area contributed by atoms with Gasteiger partial charge in [0.15, 0.2) is 11.4 Å². The van der Waals surface area contributed by atoms with Crippen LogP contribution in [0.15, 0.2) is 60.8 Å². The number of aromatic nitrogens is 1. The topological polar surface area (TPSA) is 115 Å². The molecule has 0 spiro atoms. The van der Waals surface area contributed by atoms with E-state index in [4.69, 9.17) is 24.7 Å². The highest BCUT2D eigenvalue weighted by Crippen LogP contribution is 2.41. The Labute approximate surface area is 256 Å². The highest BCUT2D eigenvalue weighted by molar-refractivity contribution is 6.31. The van der Waals surface area contributed by atoms with E-state index in [1.165, 1.54) is 48.7 Å². The van der Waals surface area contributed by atoms with E-state index in [0.29, 0.717) is 0 Å². The molecule has 1 aromatic heterocycles. The van der Waals surface area contributed by atoms with Gasteiger partial charge in [-0.1, -0.05) is 35.9 Å². The zero-order chi connectivity index (χ0) is 31.6. The fourth-order valence-corrected chi connectivity index (χ4v) is 5.61. The van der Waals surface area contributed by atoms with E-state index in [1.54, 1.807) is 12.1 Å². The smallest absolute Gasteiger partial charge is 0.252 e. The van der Waals surface area contributed by atoms with Crippen LogP contribution in [0.2, 0.25) is 5.02 Å². The molecule has 1 aliphatic heterocycles. The summed E-state index contributed by atoms with van der Waals surface area (Å²) in [5.74, 6) is -4.91. The molecule has 1 saturated heterocycles. The number of pyridine rings is 1. The lowest BCUT2D eigenvalue weighted by atomic mass is 9.87. The number of nitrogens with zero attached hydrogens (tertiary/aromatic N) is 6. The van der Waals surface area contributed by atoms with Crippen molar-refractivity contribution in [2.24, 2.45) is 0 Å². The van der Waals surface area contributed by atoms with Crippen LogP contribution >= 0.6 is 11.6 Å². The predicted molar refractivity (Wildman–Crippen MR) is 156 cm³/mol. The van der Waals surface area contributed by atoms with Crippen molar-refractivity contribution in [1.82, 2.24) is 10.3 Å². The van der Waals surface area contributed by atoms with Gasteiger partial charge in [-0.05, 0) is 36.8 Å². The molecule has 10 nitrogen and oxygen atoms in total. The third-order valence-corrected chi connectivity index (χ3v) is 7.77. The molecule has 5 rings (SSSR count). The van der Waals surface area contributed by atoms with Gasteiger partial charge in [-0.3, -0.25) is 24.2 Å². The minimum Gasteiger partial charge on any atom is -0.351 e. The summed E-state index contributed by atoms with van der Waals surface area (Å²) >= 11 is 6.55. The molecule has 2 aromatic carbocycles. The highest BCUT2D eigenvalue weighted by atomic mass is 35.5. The van der Waals surface area contributed by atoms with Crippen molar-refractivity contribution in [3.8, 4) is 6.07 Å². The largest absolute Gasteiger partial charge is 0.351 e. The summed E-state index contributed by atoms with van der Waals surface area (Å²) in [5.41, 5.74) is 0.363. The Balaban J connectivity index is 1.67. The number of hydrogen-bond acceptors (Lipinski definition) is 5. The number of carbonyl (C=O) groups excluding carboxylic acids is 3. The monoisotopic (exact) mass is 613 g/mol. The van der Waals surface area contributed by atoms with Crippen LogP contribution in [0, 0.1) is 24.5 Å². The van der Waals surface area contributed by atoms with Crippen LogP contribution in [-0.4, -0.2) is 40.7 Å². The van der Waals surface area contributed by atoms with Crippen LogP contribution in [0.3, 0.4) is 0 Å². The number of benzene rings is 2. The zero-order valence-electron chi connectivity index (χ0n) is 22.9. The van der Waals surface area contributed by atoms with E-state index in [2.05, 4.69) is 20.0 Å². The maximum atomic E-state index is 14.7. The number of amides is 3. The Hall–Kier alpha value is -5.38. The average molecular weight is 614 g/mol. The van der Waals surface area contributed by atoms with Crippen LogP contribution in [0.1, 0.15) is 42.9 Å². The average Bonchev–Trinajstić information content (AvgIpc) is 3.39. The van der Waals surface area contributed by atoms with Crippen LogP contribution in [-0.2, 0) is 14.4 Å². The molecule has 3 aromatic rings. The Morgan fingerprint density at radius 3 is 2.43 bits per heavy atom. The number of nitrogens with one attached hydrogen (secondary N) is 1. The number of alkyl halides is 2. The lowest BCUT2D eigenvalue weighted by Crippen LogP contribution is -2.56. The minimum absolute atomic E-state index is 0.00555. The van der Waals surface area contributed by atoms with Gasteiger partial charge in [0.25, 0.3) is 11.8 Å².